The van der Waals surface area contributed by atoms with Crippen molar-refractivity contribution >= 4 is 17.1 Å². The van der Waals surface area contributed by atoms with E-state index < -0.39 is 0 Å². The van der Waals surface area contributed by atoms with Crippen molar-refractivity contribution in [3.05, 3.63) is 111 Å². The minimum atomic E-state index is -0.287. The van der Waals surface area contributed by atoms with E-state index in [2.05, 4.69) is 14.5 Å². The zero-order valence-corrected chi connectivity index (χ0v) is 17.3. The van der Waals surface area contributed by atoms with Gasteiger partial charge in [0, 0.05) is 10.4 Å². The van der Waals surface area contributed by atoms with Gasteiger partial charge in [-0.1, -0.05) is 12.1 Å². The van der Waals surface area contributed by atoms with Gasteiger partial charge >= 0.3 is 0 Å². The molecule has 0 radical (unpaired) electrons. The summed E-state index contributed by atoms with van der Waals surface area (Å²) in [5, 5.41) is 28.1. The summed E-state index contributed by atoms with van der Waals surface area (Å²) in [5.41, 5.74) is 0.243. The Labute approximate surface area is 194 Å². The van der Waals surface area contributed by atoms with Crippen LogP contribution in [0.15, 0.2) is 60.7 Å². The second-order valence-corrected chi connectivity index (χ2v) is 6.43. The maximum absolute atomic E-state index is 9.48. The topological polar surface area (TPSA) is 103 Å². The van der Waals surface area contributed by atoms with Gasteiger partial charge in [0.1, 0.15) is 23.0 Å². The number of rotatable bonds is 4. The van der Waals surface area contributed by atoms with Gasteiger partial charge < -0.3 is 9.47 Å². The lowest BCUT2D eigenvalue weighted by atomic mass is 10.1. The Morgan fingerprint density at radius 2 is 1.12 bits per heavy atom. The SMILES string of the molecule is [C-]#[N+]/C(C#N)=c1/cc(Oc2ccc(C#N)cc2)/c(=C(\C#N)[N+]#[C-])cc1Oc1ccc([N+]#[C-])cc1. The van der Waals surface area contributed by atoms with Crippen molar-refractivity contribution in [3.63, 3.8) is 0 Å². The average molecular weight is 438 g/mol. The predicted octanol–water partition coefficient (Wildman–Crippen LogP) is 4.80. The highest BCUT2D eigenvalue weighted by Crippen LogP contribution is 2.25. The first-order chi connectivity index (χ1) is 16.6. The Morgan fingerprint density at radius 1 is 0.676 bits per heavy atom. The molecule has 34 heavy (non-hydrogen) atoms. The summed E-state index contributed by atoms with van der Waals surface area (Å²) in [7, 11) is 0. The Morgan fingerprint density at radius 3 is 1.47 bits per heavy atom. The fraction of sp³-hybridized carbons (Fsp3) is 0. The normalized spacial score (nSPS) is 11.1. The third-order valence-electron chi connectivity index (χ3n) is 4.43. The van der Waals surface area contributed by atoms with Crippen LogP contribution in [-0.4, -0.2) is 0 Å². The van der Waals surface area contributed by atoms with Crippen LogP contribution >= 0.6 is 0 Å². The first-order valence-electron chi connectivity index (χ1n) is 9.38. The van der Waals surface area contributed by atoms with Gasteiger partial charge in [-0.3, -0.25) is 0 Å². The first kappa shape index (κ1) is 22.6. The van der Waals surface area contributed by atoms with E-state index in [1.54, 1.807) is 36.4 Å². The van der Waals surface area contributed by atoms with Crippen LogP contribution < -0.4 is 19.9 Å². The molecule has 0 atom stereocenters. The molecule has 0 N–H and O–H groups in total. The molecule has 0 amide bonds. The highest BCUT2D eigenvalue weighted by atomic mass is 16.5. The molecule has 0 spiro atoms. The van der Waals surface area contributed by atoms with Gasteiger partial charge in [-0.2, -0.15) is 5.26 Å². The number of hydrogen-bond acceptors (Lipinski definition) is 5. The molecule has 8 heteroatoms. The zero-order valence-electron chi connectivity index (χ0n) is 17.3. The fourth-order valence-electron chi connectivity index (χ4n) is 2.83. The number of hydrogen-bond donors (Lipinski definition) is 0. The molecule has 0 aliphatic heterocycles. The van der Waals surface area contributed by atoms with Crippen LogP contribution in [-0.2, 0) is 0 Å². The molecular weight excluding hydrogens is 428 g/mol. The Bertz CT molecular complexity index is 1490. The minimum absolute atomic E-state index is 0.0550. The van der Waals surface area contributed by atoms with Gasteiger partial charge in [0.05, 0.1) is 43.5 Å². The van der Waals surface area contributed by atoms with Crippen LogP contribution in [0.2, 0.25) is 0 Å². The van der Waals surface area contributed by atoms with Gasteiger partial charge in [0.15, 0.2) is 5.69 Å². The quantitative estimate of drug-likeness (QED) is 0.545. The minimum Gasteiger partial charge on any atom is -0.458 e. The van der Waals surface area contributed by atoms with E-state index in [4.69, 9.17) is 34.5 Å². The second-order valence-electron chi connectivity index (χ2n) is 6.43. The molecule has 0 bridgehead atoms. The first-order valence-corrected chi connectivity index (χ1v) is 9.38. The molecule has 0 unspecified atom stereocenters. The van der Waals surface area contributed by atoms with Crippen molar-refractivity contribution in [2.24, 2.45) is 0 Å². The van der Waals surface area contributed by atoms with Crippen LogP contribution in [0.1, 0.15) is 5.56 Å². The van der Waals surface area contributed by atoms with Crippen LogP contribution in [0.5, 0.6) is 23.0 Å². The average Bonchev–Trinajstić information content (AvgIpc) is 2.88. The molecule has 0 aromatic heterocycles. The van der Waals surface area contributed by atoms with Gasteiger partial charge in [-0.25, -0.2) is 25.1 Å². The summed E-state index contributed by atoms with van der Waals surface area (Å²) in [6.07, 6.45) is 0. The monoisotopic (exact) mass is 438 g/mol. The summed E-state index contributed by atoms with van der Waals surface area (Å²) >= 11 is 0. The summed E-state index contributed by atoms with van der Waals surface area (Å²) in [4.78, 5) is 9.82. The van der Waals surface area contributed by atoms with Gasteiger partial charge in [-0.15, -0.1) is 0 Å². The Kier molecular flexibility index (Phi) is 6.86. The maximum atomic E-state index is 9.48. The lowest BCUT2D eigenvalue weighted by Crippen LogP contribution is -2.17. The molecule has 0 aliphatic rings. The van der Waals surface area contributed by atoms with Crippen molar-refractivity contribution in [1.29, 1.82) is 15.8 Å². The van der Waals surface area contributed by atoms with Crippen LogP contribution in [0, 0.1) is 53.7 Å². The molecule has 0 aliphatic carbocycles. The Hall–Kier alpha value is -6.06. The molecule has 0 heterocycles. The molecule has 0 fully saturated rings. The van der Waals surface area contributed by atoms with Crippen LogP contribution in [0.25, 0.3) is 25.9 Å². The van der Waals surface area contributed by atoms with Crippen molar-refractivity contribution < 1.29 is 9.47 Å². The summed E-state index contributed by atoms with van der Waals surface area (Å²) < 4.78 is 11.7. The van der Waals surface area contributed by atoms with E-state index in [1.165, 1.54) is 24.3 Å². The van der Waals surface area contributed by atoms with E-state index in [0.29, 0.717) is 22.7 Å². The molecule has 0 saturated heterocycles. The smallest absolute Gasteiger partial charge is 0.272 e. The Balaban J connectivity index is 2.29. The van der Waals surface area contributed by atoms with E-state index in [-0.39, 0.29) is 33.3 Å². The fourth-order valence-corrected chi connectivity index (χ4v) is 2.83. The molecule has 8 nitrogen and oxygen atoms in total. The molecular formula is C26H10N6O2. The van der Waals surface area contributed by atoms with E-state index >= 15 is 0 Å². The lowest BCUT2D eigenvalue weighted by molar-refractivity contribution is 0.462. The largest absolute Gasteiger partial charge is 0.458 e. The summed E-state index contributed by atoms with van der Waals surface area (Å²) in [6.45, 7) is 21.8. The molecule has 156 valence electrons. The van der Waals surface area contributed by atoms with Crippen molar-refractivity contribution in [2.45, 2.75) is 0 Å². The highest BCUT2D eigenvalue weighted by molar-refractivity contribution is 5.72. The maximum Gasteiger partial charge on any atom is 0.272 e. The zero-order chi connectivity index (χ0) is 24.5. The summed E-state index contributed by atoms with van der Waals surface area (Å²) in [6, 6.07) is 20.7. The molecule has 0 saturated carbocycles. The van der Waals surface area contributed by atoms with Gasteiger partial charge in [-0.05, 0) is 48.5 Å². The van der Waals surface area contributed by atoms with Crippen molar-refractivity contribution in [2.75, 3.05) is 0 Å². The third-order valence-corrected chi connectivity index (χ3v) is 4.43. The van der Waals surface area contributed by atoms with E-state index in [9.17, 15) is 10.5 Å². The number of nitrogens with zero attached hydrogens (tertiary/aromatic N) is 6. The number of nitriles is 3. The highest BCUT2D eigenvalue weighted by Gasteiger charge is 2.13. The van der Waals surface area contributed by atoms with Crippen LogP contribution in [0.4, 0.5) is 5.69 Å². The number of ether oxygens (including phenoxy) is 2. The lowest BCUT2D eigenvalue weighted by Gasteiger charge is -2.12. The van der Waals surface area contributed by atoms with E-state index in [0.717, 1.165) is 0 Å². The molecule has 3 aromatic rings. The molecule has 3 aromatic carbocycles. The molecule has 3 rings (SSSR count). The summed E-state index contributed by atoms with van der Waals surface area (Å²) in [5.74, 6) is 0.753. The van der Waals surface area contributed by atoms with Crippen molar-refractivity contribution in [3.8, 4) is 41.2 Å². The standard InChI is InChI=1S/C26H10N6O2/c1-30-18-6-10-20(11-7-18)34-26-13-21(23(15-28)31-2)25(12-22(26)24(16-29)32-3)33-19-8-4-17(14-27)5-9-19/h4-13H/b23-21+,24-22-. The number of benzene rings is 3. The predicted molar refractivity (Wildman–Crippen MR) is 121 cm³/mol. The van der Waals surface area contributed by atoms with E-state index in [1.807, 2.05) is 18.2 Å². The van der Waals surface area contributed by atoms with Crippen molar-refractivity contribution in [1.82, 2.24) is 0 Å². The second kappa shape index (κ2) is 10.3. The van der Waals surface area contributed by atoms with Gasteiger partial charge in [0.2, 0.25) is 0 Å². The van der Waals surface area contributed by atoms with Crippen LogP contribution in [0.3, 0.4) is 0 Å². The third kappa shape index (κ3) is 4.81. The van der Waals surface area contributed by atoms with Gasteiger partial charge in [0.25, 0.3) is 11.4 Å².